The summed E-state index contributed by atoms with van der Waals surface area (Å²) in [5.41, 5.74) is 0.309. The Morgan fingerprint density at radius 2 is 1.61 bits per heavy atom. The number of nitrogens with zero attached hydrogens (tertiary/aromatic N) is 3. The molecule has 0 bridgehead atoms. The molecule has 2 saturated carbocycles. The molecular formula is C17H23N4O2. The number of hydrogen-bond acceptors (Lipinski definition) is 3. The van der Waals surface area contributed by atoms with Crippen LogP contribution in [-0.4, -0.2) is 19.1 Å². The van der Waals surface area contributed by atoms with E-state index >= 15 is 0 Å². The maximum absolute atomic E-state index is 12.4. The molecule has 0 atom stereocenters. The molecule has 6 nitrogen and oxygen atoms in total. The Kier molecular flexibility index (Phi) is 3.83. The molecule has 0 spiro atoms. The van der Waals surface area contributed by atoms with E-state index in [0.29, 0.717) is 29.5 Å². The van der Waals surface area contributed by atoms with Crippen LogP contribution in [-0.2, 0) is 13.1 Å². The summed E-state index contributed by atoms with van der Waals surface area (Å²) in [5.74, 6) is 1.13. The molecule has 123 valence electrons. The smallest absolute Gasteiger partial charge is 0.307 e. The van der Waals surface area contributed by atoms with Gasteiger partial charge in [0.1, 0.15) is 0 Å². The Balaban J connectivity index is 1.77. The predicted molar refractivity (Wildman–Crippen MR) is 87.4 cm³/mol. The molecule has 2 aliphatic carbocycles. The van der Waals surface area contributed by atoms with E-state index < -0.39 is 5.56 Å². The summed E-state index contributed by atoms with van der Waals surface area (Å²) in [6.45, 7) is 1.49. The van der Waals surface area contributed by atoms with Gasteiger partial charge in [0.2, 0.25) is 0 Å². The first-order chi connectivity index (χ1) is 11.2. The van der Waals surface area contributed by atoms with Crippen LogP contribution in [0.2, 0.25) is 0 Å². The van der Waals surface area contributed by atoms with Crippen molar-refractivity contribution >= 4 is 11.2 Å². The van der Waals surface area contributed by atoms with Crippen LogP contribution < -0.4 is 11.2 Å². The van der Waals surface area contributed by atoms with Crippen LogP contribution in [0.5, 0.6) is 0 Å². The number of aromatic nitrogens is 4. The number of fused-ring (bicyclic) bond motifs is 1. The maximum Gasteiger partial charge on any atom is 0.330 e. The fourth-order valence-electron chi connectivity index (χ4n) is 4.28. The quantitative estimate of drug-likeness (QED) is 0.938. The van der Waals surface area contributed by atoms with Crippen molar-refractivity contribution in [1.29, 1.82) is 0 Å². The summed E-state index contributed by atoms with van der Waals surface area (Å²) in [7, 11) is 0. The molecule has 0 aliphatic heterocycles. The summed E-state index contributed by atoms with van der Waals surface area (Å²) in [6.07, 6.45) is 12.7. The lowest BCUT2D eigenvalue weighted by Crippen LogP contribution is -2.33. The Morgan fingerprint density at radius 3 is 2.26 bits per heavy atom. The first-order valence-electron chi connectivity index (χ1n) is 8.83. The van der Waals surface area contributed by atoms with Crippen molar-refractivity contribution in [2.75, 3.05) is 0 Å². The van der Waals surface area contributed by atoms with Crippen LogP contribution in [0.15, 0.2) is 9.59 Å². The second kappa shape index (κ2) is 5.98. The summed E-state index contributed by atoms with van der Waals surface area (Å²) in [6, 6.07) is 0. The normalized spacial score (nSPS) is 20.0. The highest BCUT2D eigenvalue weighted by Gasteiger charge is 2.22. The van der Waals surface area contributed by atoms with Gasteiger partial charge >= 0.3 is 5.69 Å². The third-order valence-electron chi connectivity index (χ3n) is 5.52. The van der Waals surface area contributed by atoms with E-state index in [4.69, 9.17) is 0 Å². The molecule has 2 aliphatic rings. The molecule has 1 N–H and O–H groups in total. The van der Waals surface area contributed by atoms with E-state index in [1.807, 2.05) is 4.57 Å². The van der Waals surface area contributed by atoms with E-state index in [1.165, 1.54) is 38.5 Å². The van der Waals surface area contributed by atoms with Gasteiger partial charge in [0.25, 0.3) is 5.56 Å². The average Bonchev–Trinajstić information content (AvgIpc) is 3.26. The van der Waals surface area contributed by atoms with Crippen LogP contribution >= 0.6 is 0 Å². The SMILES string of the molecule is O=c1[nH]c(=O)n(CC2CCCC2)c2c1n[c]n2CC1CCCC1. The van der Waals surface area contributed by atoms with Crippen LogP contribution in [0.1, 0.15) is 51.4 Å². The Hall–Kier alpha value is -1.85. The third kappa shape index (κ3) is 2.75. The summed E-state index contributed by atoms with van der Waals surface area (Å²) >= 11 is 0. The molecule has 0 amide bonds. The lowest BCUT2D eigenvalue weighted by molar-refractivity contribution is 0.431. The van der Waals surface area contributed by atoms with Gasteiger partial charge in [-0.15, -0.1) is 0 Å². The minimum atomic E-state index is -0.394. The first kappa shape index (κ1) is 14.7. The summed E-state index contributed by atoms with van der Waals surface area (Å²) in [5, 5.41) is 0. The van der Waals surface area contributed by atoms with Gasteiger partial charge in [-0.1, -0.05) is 25.7 Å². The van der Waals surface area contributed by atoms with E-state index in [9.17, 15) is 9.59 Å². The second-order valence-corrected chi connectivity index (χ2v) is 7.17. The highest BCUT2D eigenvalue weighted by molar-refractivity contribution is 5.69. The van der Waals surface area contributed by atoms with Gasteiger partial charge in [-0.3, -0.25) is 14.3 Å². The minimum absolute atomic E-state index is 0.309. The van der Waals surface area contributed by atoms with Crippen molar-refractivity contribution in [3.05, 3.63) is 27.2 Å². The summed E-state index contributed by atoms with van der Waals surface area (Å²) < 4.78 is 3.64. The van der Waals surface area contributed by atoms with Gasteiger partial charge in [0.15, 0.2) is 17.5 Å². The van der Waals surface area contributed by atoms with Crippen molar-refractivity contribution in [2.24, 2.45) is 11.8 Å². The van der Waals surface area contributed by atoms with Crippen molar-refractivity contribution in [2.45, 2.75) is 64.5 Å². The average molecular weight is 315 g/mol. The molecular weight excluding hydrogens is 292 g/mol. The standard InChI is InChI=1S/C17H23N4O2/c22-15-14-16(20(11-18-14)9-12-5-1-2-6-12)21(17(23)19-15)10-13-7-3-4-8-13/h12-13H,1-10H2,(H,19,22,23). The third-order valence-corrected chi connectivity index (χ3v) is 5.52. The van der Waals surface area contributed by atoms with Crippen LogP contribution in [0.3, 0.4) is 0 Å². The molecule has 2 aromatic rings. The number of imidazole rings is 1. The van der Waals surface area contributed by atoms with E-state index in [2.05, 4.69) is 16.3 Å². The monoisotopic (exact) mass is 315 g/mol. The van der Waals surface area contributed by atoms with Crippen LogP contribution in [0, 0.1) is 18.2 Å². The molecule has 0 aromatic carbocycles. The van der Waals surface area contributed by atoms with Crippen molar-refractivity contribution in [3.63, 3.8) is 0 Å². The van der Waals surface area contributed by atoms with Gasteiger partial charge in [0, 0.05) is 13.1 Å². The first-order valence-corrected chi connectivity index (χ1v) is 8.83. The molecule has 1 radical (unpaired) electrons. The lowest BCUT2D eigenvalue weighted by atomic mass is 10.1. The number of nitrogens with one attached hydrogen (secondary N) is 1. The van der Waals surface area contributed by atoms with Gasteiger partial charge < -0.3 is 4.57 Å². The topological polar surface area (TPSA) is 72.7 Å². The lowest BCUT2D eigenvalue weighted by Gasteiger charge is -2.16. The van der Waals surface area contributed by atoms with Crippen LogP contribution in [0.25, 0.3) is 11.2 Å². The zero-order chi connectivity index (χ0) is 15.8. The number of H-pyrrole nitrogens is 1. The maximum atomic E-state index is 12.4. The molecule has 2 fully saturated rings. The number of rotatable bonds is 4. The van der Waals surface area contributed by atoms with Gasteiger partial charge in [0.05, 0.1) is 0 Å². The van der Waals surface area contributed by atoms with Crippen molar-refractivity contribution in [1.82, 2.24) is 19.1 Å². The number of aromatic amines is 1. The van der Waals surface area contributed by atoms with E-state index in [0.717, 1.165) is 19.4 Å². The molecule has 0 unspecified atom stereocenters. The molecule has 4 rings (SSSR count). The summed E-state index contributed by atoms with van der Waals surface area (Å²) in [4.78, 5) is 31.0. The Bertz CT molecular complexity index is 804. The molecule has 2 aromatic heterocycles. The highest BCUT2D eigenvalue weighted by atomic mass is 16.2. The molecule has 2 heterocycles. The zero-order valence-electron chi connectivity index (χ0n) is 13.4. The Morgan fingerprint density at radius 1 is 1.00 bits per heavy atom. The molecule has 23 heavy (non-hydrogen) atoms. The van der Waals surface area contributed by atoms with E-state index in [-0.39, 0.29) is 5.69 Å². The van der Waals surface area contributed by atoms with Crippen molar-refractivity contribution in [3.8, 4) is 0 Å². The minimum Gasteiger partial charge on any atom is -0.307 e. The fraction of sp³-hybridized carbons (Fsp3) is 0.706. The van der Waals surface area contributed by atoms with Crippen LogP contribution in [0.4, 0.5) is 0 Å². The predicted octanol–water partition coefficient (Wildman–Crippen LogP) is 2.07. The van der Waals surface area contributed by atoms with Gasteiger partial charge in [-0.05, 0) is 37.5 Å². The molecule has 0 saturated heterocycles. The molecule has 6 heteroatoms. The Labute approximate surface area is 134 Å². The van der Waals surface area contributed by atoms with Gasteiger partial charge in [-0.2, -0.15) is 0 Å². The largest absolute Gasteiger partial charge is 0.330 e. The van der Waals surface area contributed by atoms with Crippen molar-refractivity contribution < 1.29 is 0 Å². The highest BCUT2D eigenvalue weighted by Crippen LogP contribution is 2.28. The fourth-order valence-corrected chi connectivity index (χ4v) is 4.28. The zero-order valence-corrected chi connectivity index (χ0v) is 13.4. The number of hydrogen-bond donors (Lipinski definition) is 1. The van der Waals surface area contributed by atoms with E-state index in [1.54, 1.807) is 4.57 Å². The van der Waals surface area contributed by atoms with Gasteiger partial charge in [-0.25, -0.2) is 9.78 Å². The second-order valence-electron chi connectivity index (χ2n) is 7.17.